The maximum absolute atomic E-state index is 5.59. The van der Waals surface area contributed by atoms with Crippen LogP contribution in [0.15, 0.2) is 5.38 Å². The van der Waals surface area contributed by atoms with E-state index in [1.165, 1.54) is 37.5 Å². The van der Waals surface area contributed by atoms with Crippen molar-refractivity contribution in [3.8, 4) is 0 Å². The van der Waals surface area contributed by atoms with Crippen LogP contribution in [-0.2, 0) is 6.42 Å². The van der Waals surface area contributed by atoms with Crippen LogP contribution < -0.4 is 5.73 Å². The third-order valence-electron chi connectivity index (χ3n) is 2.85. The molecule has 0 spiro atoms. The van der Waals surface area contributed by atoms with Crippen LogP contribution in [0.25, 0.3) is 0 Å². The Hall–Kier alpha value is -0.650. The van der Waals surface area contributed by atoms with Crippen molar-refractivity contribution in [1.29, 1.82) is 0 Å². The molecule has 0 saturated carbocycles. The maximum atomic E-state index is 5.59. The summed E-state index contributed by atoms with van der Waals surface area (Å²) in [5.41, 5.74) is 6.73. The largest absolute Gasteiger partial charge is 0.375 e. The van der Waals surface area contributed by atoms with Crippen LogP contribution >= 0.6 is 11.3 Å². The SMILES string of the molecule is CN1CCN(CCc2csc(N)n2)CC1. The molecule has 5 heteroatoms. The quantitative estimate of drug-likeness (QED) is 0.816. The molecule has 1 aliphatic heterocycles. The molecule has 0 aromatic carbocycles. The minimum absolute atomic E-state index is 0.684. The van der Waals surface area contributed by atoms with E-state index in [0.29, 0.717) is 5.13 Å². The highest BCUT2D eigenvalue weighted by atomic mass is 32.1. The van der Waals surface area contributed by atoms with Gasteiger partial charge in [-0.3, -0.25) is 0 Å². The molecule has 1 aliphatic rings. The standard InChI is InChI=1S/C10H18N4S/c1-13-4-6-14(7-5-13)3-2-9-8-15-10(11)12-9/h8H,2-7H2,1H3,(H2,11,12). The molecule has 4 nitrogen and oxygen atoms in total. The molecule has 1 aromatic rings. The number of nitrogen functional groups attached to an aromatic ring is 1. The van der Waals surface area contributed by atoms with Gasteiger partial charge in [-0.15, -0.1) is 11.3 Å². The van der Waals surface area contributed by atoms with Crippen LogP contribution in [0.1, 0.15) is 5.69 Å². The van der Waals surface area contributed by atoms with Gasteiger partial charge in [0, 0.05) is 44.5 Å². The summed E-state index contributed by atoms with van der Waals surface area (Å²) in [4.78, 5) is 9.14. The van der Waals surface area contributed by atoms with Crippen molar-refractivity contribution in [3.63, 3.8) is 0 Å². The maximum Gasteiger partial charge on any atom is 0.180 e. The van der Waals surface area contributed by atoms with Gasteiger partial charge in [-0.1, -0.05) is 0 Å². The summed E-state index contributed by atoms with van der Waals surface area (Å²) in [6.07, 6.45) is 1.03. The van der Waals surface area contributed by atoms with Crippen LogP contribution in [0.3, 0.4) is 0 Å². The predicted molar refractivity (Wildman–Crippen MR) is 64.2 cm³/mol. The van der Waals surface area contributed by atoms with E-state index in [-0.39, 0.29) is 0 Å². The van der Waals surface area contributed by atoms with Gasteiger partial charge in [0.15, 0.2) is 5.13 Å². The zero-order chi connectivity index (χ0) is 10.7. The molecule has 0 unspecified atom stereocenters. The first kappa shape index (κ1) is 10.9. The summed E-state index contributed by atoms with van der Waals surface area (Å²) >= 11 is 1.53. The van der Waals surface area contributed by atoms with Gasteiger partial charge in [-0.05, 0) is 7.05 Å². The Bertz CT molecular complexity index is 304. The monoisotopic (exact) mass is 226 g/mol. The topological polar surface area (TPSA) is 45.4 Å². The molecule has 2 heterocycles. The van der Waals surface area contributed by atoms with Gasteiger partial charge in [0.2, 0.25) is 0 Å². The van der Waals surface area contributed by atoms with Gasteiger partial charge < -0.3 is 15.5 Å². The van der Waals surface area contributed by atoms with E-state index in [1.807, 2.05) is 0 Å². The van der Waals surface area contributed by atoms with Crippen molar-refractivity contribution in [2.45, 2.75) is 6.42 Å². The lowest BCUT2D eigenvalue weighted by molar-refractivity contribution is 0.155. The first-order chi connectivity index (χ1) is 7.24. The second-order valence-electron chi connectivity index (χ2n) is 4.07. The number of thiazole rings is 1. The minimum atomic E-state index is 0.684. The minimum Gasteiger partial charge on any atom is -0.375 e. The molecule has 1 saturated heterocycles. The molecule has 2 N–H and O–H groups in total. The Balaban J connectivity index is 1.74. The summed E-state index contributed by atoms with van der Waals surface area (Å²) in [6, 6.07) is 0. The normalized spacial score (nSPS) is 19.5. The molecule has 84 valence electrons. The number of nitrogens with two attached hydrogens (primary N) is 1. The van der Waals surface area contributed by atoms with E-state index < -0.39 is 0 Å². The molecule has 1 fully saturated rings. The van der Waals surface area contributed by atoms with Gasteiger partial charge in [0.25, 0.3) is 0 Å². The Labute approximate surface area is 94.7 Å². The molecule has 0 bridgehead atoms. The average molecular weight is 226 g/mol. The van der Waals surface area contributed by atoms with E-state index in [1.54, 1.807) is 0 Å². The fourth-order valence-corrected chi connectivity index (χ4v) is 2.38. The van der Waals surface area contributed by atoms with Crippen LogP contribution in [0.4, 0.5) is 5.13 Å². The lowest BCUT2D eigenvalue weighted by Gasteiger charge is -2.32. The van der Waals surface area contributed by atoms with Gasteiger partial charge in [-0.2, -0.15) is 0 Å². The van der Waals surface area contributed by atoms with Gasteiger partial charge in [0.05, 0.1) is 5.69 Å². The van der Waals surface area contributed by atoms with Crippen LogP contribution in [0, 0.1) is 0 Å². The van der Waals surface area contributed by atoms with E-state index in [9.17, 15) is 0 Å². The highest BCUT2D eigenvalue weighted by Gasteiger charge is 2.13. The van der Waals surface area contributed by atoms with Gasteiger partial charge in [-0.25, -0.2) is 4.98 Å². The molecular weight excluding hydrogens is 208 g/mol. The van der Waals surface area contributed by atoms with E-state index in [2.05, 4.69) is 27.2 Å². The predicted octanol–water partition coefficient (Wildman–Crippen LogP) is 0.515. The van der Waals surface area contributed by atoms with E-state index >= 15 is 0 Å². The number of hydrogen-bond acceptors (Lipinski definition) is 5. The van der Waals surface area contributed by atoms with E-state index in [0.717, 1.165) is 18.7 Å². The molecule has 0 aliphatic carbocycles. The zero-order valence-corrected chi connectivity index (χ0v) is 9.96. The smallest absolute Gasteiger partial charge is 0.180 e. The van der Waals surface area contributed by atoms with Crippen molar-refractivity contribution in [1.82, 2.24) is 14.8 Å². The summed E-state index contributed by atoms with van der Waals surface area (Å²) in [5.74, 6) is 0. The van der Waals surface area contributed by atoms with Crippen LogP contribution in [-0.4, -0.2) is 54.6 Å². The van der Waals surface area contributed by atoms with Crippen molar-refractivity contribution < 1.29 is 0 Å². The Kier molecular flexibility index (Phi) is 3.56. The lowest BCUT2D eigenvalue weighted by Crippen LogP contribution is -2.45. The lowest BCUT2D eigenvalue weighted by atomic mass is 10.2. The van der Waals surface area contributed by atoms with Gasteiger partial charge in [0.1, 0.15) is 0 Å². The Morgan fingerprint density at radius 2 is 2.13 bits per heavy atom. The molecule has 1 aromatic heterocycles. The summed E-state index contributed by atoms with van der Waals surface area (Å²) in [7, 11) is 2.18. The molecule has 2 rings (SSSR count). The van der Waals surface area contributed by atoms with Crippen molar-refractivity contribution in [2.24, 2.45) is 0 Å². The zero-order valence-electron chi connectivity index (χ0n) is 9.15. The molecule has 0 radical (unpaired) electrons. The fourth-order valence-electron chi connectivity index (χ4n) is 1.78. The second-order valence-corrected chi connectivity index (χ2v) is 4.96. The molecular formula is C10H18N4S. The summed E-state index contributed by atoms with van der Waals surface area (Å²) < 4.78 is 0. The number of piperazine rings is 1. The number of rotatable bonds is 3. The third-order valence-corrected chi connectivity index (χ3v) is 3.57. The van der Waals surface area contributed by atoms with Crippen LogP contribution in [0.5, 0.6) is 0 Å². The first-order valence-electron chi connectivity index (χ1n) is 5.35. The van der Waals surface area contributed by atoms with Crippen molar-refractivity contribution in [2.75, 3.05) is 45.5 Å². The third kappa shape index (κ3) is 3.15. The number of likely N-dealkylation sites (N-methyl/N-ethyl adjacent to an activating group) is 1. The molecule has 0 atom stereocenters. The highest BCUT2D eigenvalue weighted by molar-refractivity contribution is 7.13. The molecule has 15 heavy (non-hydrogen) atoms. The highest BCUT2D eigenvalue weighted by Crippen LogP contribution is 2.12. The van der Waals surface area contributed by atoms with E-state index in [4.69, 9.17) is 5.73 Å². The average Bonchev–Trinajstić information content (AvgIpc) is 2.64. The number of hydrogen-bond donors (Lipinski definition) is 1. The Morgan fingerprint density at radius 1 is 1.40 bits per heavy atom. The number of anilines is 1. The summed E-state index contributed by atoms with van der Waals surface area (Å²) in [6.45, 7) is 5.82. The summed E-state index contributed by atoms with van der Waals surface area (Å²) in [5, 5.41) is 2.74. The van der Waals surface area contributed by atoms with Crippen molar-refractivity contribution >= 4 is 16.5 Å². The first-order valence-corrected chi connectivity index (χ1v) is 6.23. The fraction of sp³-hybridized carbons (Fsp3) is 0.700. The number of nitrogens with zero attached hydrogens (tertiary/aromatic N) is 3. The molecule has 0 amide bonds. The van der Waals surface area contributed by atoms with Gasteiger partial charge >= 0.3 is 0 Å². The second kappa shape index (κ2) is 4.92. The Morgan fingerprint density at radius 3 is 2.73 bits per heavy atom. The van der Waals surface area contributed by atoms with Crippen LogP contribution in [0.2, 0.25) is 0 Å². The van der Waals surface area contributed by atoms with Crippen molar-refractivity contribution in [3.05, 3.63) is 11.1 Å². The number of aromatic nitrogens is 1.